The van der Waals surface area contributed by atoms with E-state index in [0.29, 0.717) is 0 Å². The molecule has 2 aliphatic rings. The van der Waals surface area contributed by atoms with Gasteiger partial charge < -0.3 is 19.8 Å². The van der Waals surface area contributed by atoms with Gasteiger partial charge in [0, 0.05) is 67.8 Å². The molecule has 0 saturated heterocycles. The Morgan fingerprint density at radius 3 is 2.12 bits per heavy atom. The van der Waals surface area contributed by atoms with Crippen molar-refractivity contribution in [2.24, 2.45) is 0 Å². The van der Waals surface area contributed by atoms with Crippen molar-refractivity contribution in [3.8, 4) is 33.6 Å². The van der Waals surface area contributed by atoms with Crippen LogP contribution in [0.1, 0.15) is 9.68 Å². The maximum atomic E-state index is 7.23. The molecule has 4 nitrogen and oxygen atoms in total. The van der Waals surface area contributed by atoms with E-state index in [4.69, 9.17) is 9.10 Å². The molecule has 4 heterocycles. The van der Waals surface area contributed by atoms with Crippen LogP contribution in [0.4, 0.5) is 22.7 Å². The number of anilines is 4. The Morgan fingerprint density at radius 2 is 1.37 bits per heavy atom. The van der Waals surface area contributed by atoms with E-state index >= 15 is 0 Å². The van der Waals surface area contributed by atoms with Crippen molar-refractivity contribution in [2.45, 2.75) is 6.85 Å². The van der Waals surface area contributed by atoms with E-state index in [1.54, 1.807) is 18.2 Å². The smallest absolute Gasteiger partial charge is 0.233 e. The van der Waals surface area contributed by atoms with E-state index in [9.17, 15) is 0 Å². The van der Waals surface area contributed by atoms with Gasteiger partial charge in [-0.2, -0.15) is 0 Å². The normalized spacial score (nSPS) is 13.3. The van der Waals surface area contributed by atoms with Gasteiger partial charge in [-0.05, 0) is 75.8 Å². The van der Waals surface area contributed by atoms with Crippen molar-refractivity contribution in [3.05, 3.63) is 164 Å². The first-order chi connectivity index (χ1) is 24.8. The number of hydrogen-bond donors (Lipinski definition) is 0. The van der Waals surface area contributed by atoms with Crippen LogP contribution in [0.25, 0.3) is 33.6 Å². The van der Waals surface area contributed by atoms with Crippen LogP contribution < -0.4 is 26.2 Å². The first kappa shape index (κ1) is 28.7. The third-order valence-electron chi connectivity index (χ3n) is 9.20. The standard InChI is InChI=1S/C31H23BN3.C12H10N.Ir/c1-34-27-12-7-6-11-24(27)32-25-19-23(26-20-22(17-18-33-26)21-9-4-3-5-10-21)15-16-28(25)35(2)30-14-8-13-29(34)31(30)32;1-10-7-8-12(13-9-10)11-5-3-2-4-6-11;/h3-14,16-20H,1-2H3;2-5,7-9H,1H3;/q2*-1;/i;1D3;. The molecule has 2 aliphatic heterocycles. The van der Waals surface area contributed by atoms with Crippen molar-refractivity contribution < 1.29 is 24.2 Å². The predicted octanol–water partition coefficient (Wildman–Crippen LogP) is 7.75. The summed E-state index contributed by atoms with van der Waals surface area (Å²) in [7, 11) is 4.33. The number of fused-ring (bicyclic) bond motifs is 4. The third-order valence-corrected chi connectivity index (χ3v) is 9.20. The number of benzene rings is 5. The summed E-state index contributed by atoms with van der Waals surface area (Å²) >= 11 is 0. The topological polar surface area (TPSA) is 32.3 Å². The van der Waals surface area contributed by atoms with Crippen molar-refractivity contribution in [2.75, 3.05) is 23.9 Å². The van der Waals surface area contributed by atoms with Crippen LogP contribution in [0.3, 0.4) is 0 Å². The fourth-order valence-corrected chi connectivity index (χ4v) is 6.86. The summed E-state index contributed by atoms with van der Waals surface area (Å²) < 4.78 is 21.7. The zero-order chi connectivity index (χ0) is 35.1. The molecule has 0 spiro atoms. The van der Waals surface area contributed by atoms with Gasteiger partial charge in [-0.15, -0.1) is 65.1 Å². The fraction of sp³-hybridized carbons (Fsp3) is 0.0698. The zero-order valence-electron chi connectivity index (χ0n) is 30.1. The van der Waals surface area contributed by atoms with Gasteiger partial charge in [0.15, 0.2) is 0 Å². The average molecular weight is 812 g/mol. The Morgan fingerprint density at radius 1 is 0.612 bits per heavy atom. The molecule has 0 amide bonds. The number of rotatable bonds is 3. The van der Waals surface area contributed by atoms with Crippen LogP contribution in [0.5, 0.6) is 0 Å². The van der Waals surface area contributed by atoms with Crippen molar-refractivity contribution in [1.29, 1.82) is 0 Å². The van der Waals surface area contributed by atoms with E-state index < -0.39 is 6.85 Å². The van der Waals surface area contributed by atoms with Crippen LogP contribution in [-0.4, -0.2) is 30.8 Å². The summed E-state index contributed by atoms with van der Waals surface area (Å²) in [6.45, 7) is -1.92. The summed E-state index contributed by atoms with van der Waals surface area (Å²) in [5.74, 6) is 0. The Labute approximate surface area is 306 Å². The van der Waals surface area contributed by atoms with Crippen molar-refractivity contribution in [1.82, 2.24) is 9.97 Å². The molecule has 9 rings (SSSR count). The molecular formula is C43H33BIrN4-2. The molecule has 7 aromatic rings. The van der Waals surface area contributed by atoms with E-state index in [1.165, 1.54) is 50.9 Å². The van der Waals surface area contributed by atoms with E-state index in [2.05, 4.69) is 132 Å². The number of pyridine rings is 2. The molecule has 6 heteroatoms. The van der Waals surface area contributed by atoms with Gasteiger partial charge in [0.2, 0.25) is 6.71 Å². The molecule has 0 N–H and O–H groups in total. The summed E-state index contributed by atoms with van der Waals surface area (Å²) in [5.41, 5.74) is 15.2. The molecule has 0 atom stereocenters. The number of nitrogens with zero attached hydrogens (tertiary/aromatic N) is 4. The van der Waals surface area contributed by atoms with Crippen LogP contribution in [0.15, 0.2) is 146 Å². The number of hydrogen-bond acceptors (Lipinski definition) is 4. The van der Waals surface area contributed by atoms with Crippen molar-refractivity contribution >= 4 is 45.9 Å². The van der Waals surface area contributed by atoms with Gasteiger partial charge in [-0.1, -0.05) is 72.8 Å². The molecule has 0 aliphatic carbocycles. The molecule has 1 radical (unpaired) electrons. The molecular weight excluding hydrogens is 776 g/mol. The molecule has 0 unspecified atom stereocenters. The fourth-order valence-electron chi connectivity index (χ4n) is 6.86. The molecule has 239 valence electrons. The molecule has 0 bridgehead atoms. The number of aromatic nitrogens is 2. The first-order valence-electron chi connectivity index (χ1n) is 17.5. The minimum absolute atomic E-state index is 0. The summed E-state index contributed by atoms with van der Waals surface area (Å²) in [6.07, 6.45) is 3.29. The quantitative estimate of drug-likeness (QED) is 0.135. The predicted molar refractivity (Wildman–Crippen MR) is 201 cm³/mol. The second-order valence-electron chi connectivity index (χ2n) is 12.0. The molecule has 2 aromatic heterocycles. The van der Waals surface area contributed by atoms with Gasteiger partial charge in [0.1, 0.15) is 0 Å². The average Bonchev–Trinajstić information content (AvgIpc) is 3.18. The maximum Gasteiger partial charge on any atom is 0.233 e. The van der Waals surface area contributed by atoms with E-state index in [1.807, 2.05) is 30.5 Å². The Hall–Kier alpha value is -5.29. The van der Waals surface area contributed by atoms with Gasteiger partial charge in [-0.3, -0.25) is 0 Å². The second-order valence-corrected chi connectivity index (χ2v) is 12.0. The van der Waals surface area contributed by atoms with Crippen LogP contribution >= 0.6 is 0 Å². The molecule has 5 aromatic carbocycles. The molecule has 0 fully saturated rings. The Balaban J connectivity index is 0.000000209. The first-order valence-corrected chi connectivity index (χ1v) is 16.0. The van der Waals surface area contributed by atoms with Crippen LogP contribution in [-0.2, 0) is 20.1 Å². The third kappa shape index (κ3) is 5.99. The van der Waals surface area contributed by atoms with Gasteiger partial charge >= 0.3 is 0 Å². The summed E-state index contributed by atoms with van der Waals surface area (Å²) in [6, 6.07) is 51.9. The number of para-hydroxylation sites is 1. The maximum absolute atomic E-state index is 7.23. The zero-order valence-corrected chi connectivity index (χ0v) is 29.5. The van der Waals surface area contributed by atoms with Crippen LogP contribution in [0, 0.1) is 19.0 Å². The number of aryl methyl sites for hydroxylation is 1. The van der Waals surface area contributed by atoms with Gasteiger partial charge in [0.05, 0.1) is 0 Å². The van der Waals surface area contributed by atoms with E-state index in [0.717, 1.165) is 28.1 Å². The second kappa shape index (κ2) is 13.7. The van der Waals surface area contributed by atoms with E-state index in [-0.39, 0.29) is 32.4 Å². The Bertz CT molecular complexity index is 2340. The summed E-state index contributed by atoms with van der Waals surface area (Å²) in [4.78, 5) is 13.5. The minimum Gasteiger partial charge on any atom is -0.385 e. The SMILES string of the molecule is CN1c2c[c-]c(-c3cc(-c4ccccc4)ccn3)cc2B2c3ccccc3N(C)c3cccc1c32.[2H]C([2H])([2H])c1ccc(-c2[c-]cccc2)nc1.[Ir]. The largest absolute Gasteiger partial charge is 0.385 e. The summed E-state index contributed by atoms with van der Waals surface area (Å²) in [5, 5.41) is 0. The van der Waals surface area contributed by atoms with Gasteiger partial charge in [0.25, 0.3) is 0 Å². The van der Waals surface area contributed by atoms with Crippen molar-refractivity contribution in [3.63, 3.8) is 0 Å². The molecule has 49 heavy (non-hydrogen) atoms. The molecule has 0 saturated carbocycles. The monoisotopic (exact) mass is 812 g/mol. The van der Waals surface area contributed by atoms with Crippen LogP contribution in [0.2, 0.25) is 0 Å². The van der Waals surface area contributed by atoms with Gasteiger partial charge in [-0.25, -0.2) is 0 Å². The minimum atomic E-state index is -2.09. The Kier molecular flexibility index (Phi) is 8.01.